The number of nitrogens with zero attached hydrogens (tertiary/aromatic N) is 1. The third-order valence-corrected chi connectivity index (χ3v) is 6.21. The summed E-state index contributed by atoms with van der Waals surface area (Å²) in [5.74, 6) is 1.09. The first kappa shape index (κ1) is 25.2. The Morgan fingerprint density at radius 1 is 0.941 bits per heavy atom. The summed E-state index contributed by atoms with van der Waals surface area (Å²) < 4.78 is 42.0. The van der Waals surface area contributed by atoms with Crippen molar-refractivity contribution in [3.63, 3.8) is 0 Å². The Balaban J connectivity index is 1.64. The Labute approximate surface area is 204 Å². The van der Waals surface area contributed by atoms with E-state index >= 15 is 0 Å². The lowest BCUT2D eigenvalue weighted by molar-refractivity contribution is -0.118. The molecular formula is C24H25ClN2O6S. The molecule has 0 aromatic heterocycles. The molecule has 3 aromatic carbocycles. The smallest absolute Gasteiger partial charge is 0.262 e. The number of rotatable bonds is 10. The van der Waals surface area contributed by atoms with Crippen LogP contribution in [0.15, 0.2) is 66.7 Å². The van der Waals surface area contributed by atoms with E-state index in [-0.39, 0.29) is 19.1 Å². The van der Waals surface area contributed by atoms with Gasteiger partial charge in [-0.15, -0.1) is 0 Å². The molecule has 0 aliphatic rings. The van der Waals surface area contributed by atoms with Gasteiger partial charge in [-0.3, -0.25) is 9.10 Å². The second-order valence-corrected chi connectivity index (χ2v) is 9.64. The van der Waals surface area contributed by atoms with Gasteiger partial charge in [0.05, 0.1) is 38.4 Å². The highest BCUT2D eigenvalue weighted by molar-refractivity contribution is 7.92. The van der Waals surface area contributed by atoms with Crippen molar-refractivity contribution in [2.24, 2.45) is 0 Å². The lowest BCUT2D eigenvalue weighted by Gasteiger charge is -2.23. The minimum absolute atomic E-state index is 0.155. The van der Waals surface area contributed by atoms with Gasteiger partial charge in [0.25, 0.3) is 5.91 Å². The van der Waals surface area contributed by atoms with Gasteiger partial charge in [-0.2, -0.15) is 0 Å². The predicted molar refractivity (Wildman–Crippen MR) is 133 cm³/mol. The third kappa shape index (κ3) is 6.79. The molecule has 0 atom stereocenters. The molecule has 0 radical (unpaired) electrons. The maximum atomic E-state index is 12.4. The summed E-state index contributed by atoms with van der Waals surface area (Å²) in [6, 6.07) is 18.5. The molecule has 0 fully saturated rings. The standard InChI is InChI=1S/C24H25ClN2O6S/c1-31-21-12-13-22(23(14-21)32-2)26-24(28)16-33-20-10-8-19(9-11-20)27(34(3,29)30)15-17-4-6-18(25)7-5-17/h4-14H,15-16H2,1-3H3,(H,26,28). The minimum Gasteiger partial charge on any atom is -0.497 e. The monoisotopic (exact) mass is 504 g/mol. The fraction of sp³-hybridized carbons (Fsp3) is 0.208. The van der Waals surface area contributed by atoms with Crippen molar-refractivity contribution in [3.8, 4) is 17.2 Å². The molecule has 0 saturated heterocycles. The van der Waals surface area contributed by atoms with Crippen LogP contribution in [0.25, 0.3) is 0 Å². The highest BCUT2D eigenvalue weighted by atomic mass is 35.5. The zero-order chi connectivity index (χ0) is 24.7. The Morgan fingerprint density at radius 3 is 2.18 bits per heavy atom. The minimum atomic E-state index is -3.54. The van der Waals surface area contributed by atoms with Crippen LogP contribution in [0.4, 0.5) is 11.4 Å². The van der Waals surface area contributed by atoms with E-state index in [4.69, 9.17) is 25.8 Å². The maximum Gasteiger partial charge on any atom is 0.262 e. The second kappa shape index (κ2) is 11.1. The van der Waals surface area contributed by atoms with Crippen molar-refractivity contribution in [2.45, 2.75) is 6.54 Å². The molecule has 180 valence electrons. The number of amides is 1. The molecule has 34 heavy (non-hydrogen) atoms. The lowest BCUT2D eigenvalue weighted by Crippen LogP contribution is -2.29. The largest absolute Gasteiger partial charge is 0.497 e. The van der Waals surface area contributed by atoms with Crippen LogP contribution in [-0.4, -0.2) is 41.4 Å². The van der Waals surface area contributed by atoms with E-state index < -0.39 is 10.0 Å². The van der Waals surface area contributed by atoms with Gasteiger partial charge < -0.3 is 19.5 Å². The van der Waals surface area contributed by atoms with Crippen LogP contribution in [0.2, 0.25) is 5.02 Å². The quantitative estimate of drug-likeness (QED) is 0.441. The second-order valence-electron chi connectivity index (χ2n) is 7.29. The molecular weight excluding hydrogens is 480 g/mol. The fourth-order valence-electron chi connectivity index (χ4n) is 3.10. The van der Waals surface area contributed by atoms with Crippen LogP contribution < -0.4 is 23.8 Å². The van der Waals surface area contributed by atoms with Crippen LogP contribution in [0, 0.1) is 0 Å². The number of methoxy groups -OCH3 is 2. The summed E-state index contributed by atoms with van der Waals surface area (Å²) >= 11 is 5.91. The number of benzene rings is 3. The molecule has 0 spiro atoms. The summed E-state index contributed by atoms with van der Waals surface area (Å²) in [6.45, 7) is -0.0859. The van der Waals surface area contributed by atoms with Gasteiger partial charge in [0.1, 0.15) is 17.2 Å². The molecule has 0 unspecified atom stereocenters. The molecule has 1 amide bonds. The van der Waals surface area contributed by atoms with Crippen LogP contribution in [0.3, 0.4) is 0 Å². The van der Waals surface area contributed by atoms with Gasteiger partial charge in [-0.1, -0.05) is 23.7 Å². The molecule has 0 heterocycles. The average Bonchev–Trinajstić information content (AvgIpc) is 2.82. The van der Waals surface area contributed by atoms with Crippen molar-refractivity contribution in [3.05, 3.63) is 77.3 Å². The van der Waals surface area contributed by atoms with Crippen LogP contribution in [0.5, 0.6) is 17.2 Å². The number of anilines is 2. The molecule has 10 heteroatoms. The molecule has 0 bridgehead atoms. The zero-order valence-corrected chi connectivity index (χ0v) is 20.5. The van der Waals surface area contributed by atoms with Gasteiger partial charge >= 0.3 is 0 Å². The molecule has 0 aliphatic carbocycles. The number of hydrogen-bond donors (Lipinski definition) is 1. The molecule has 8 nitrogen and oxygen atoms in total. The first-order valence-corrected chi connectivity index (χ1v) is 12.4. The number of carbonyl (C=O) groups excluding carboxylic acids is 1. The summed E-state index contributed by atoms with van der Waals surface area (Å²) in [5.41, 5.74) is 1.75. The normalized spacial score (nSPS) is 10.9. The third-order valence-electron chi connectivity index (χ3n) is 4.82. The SMILES string of the molecule is COc1ccc(NC(=O)COc2ccc(N(Cc3ccc(Cl)cc3)S(C)(=O)=O)cc2)c(OC)c1. The summed E-state index contributed by atoms with van der Waals surface area (Å²) in [4.78, 5) is 12.3. The van der Waals surface area contributed by atoms with E-state index in [1.807, 2.05) is 0 Å². The van der Waals surface area contributed by atoms with Crippen LogP contribution in [0.1, 0.15) is 5.56 Å². The summed E-state index contributed by atoms with van der Waals surface area (Å²) in [7, 11) is -0.501. The van der Waals surface area contributed by atoms with Crippen molar-refractivity contribution in [2.75, 3.05) is 36.7 Å². The Morgan fingerprint density at radius 2 is 1.59 bits per heavy atom. The van der Waals surface area contributed by atoms with Crippen molar-refractivity contribution >= 4 is 38.9 Å². The van der Waals surface area contributed by atoms with E-state index in [1.54, 1.807) is 73.8 Å². The lowest BCUT2D eigenvalue weighted by atomic mass is 10.2. The number of hydrogen-bond acceptors (Lipinski definition) is 6. The molecule has 3 rings (SSSR count). The number of carbonyl (C=O) groups is 1. The van der Waals surface area contributed by atoms with Crippen LogP contribution >= 0.6 is 11.6 Å². The van der Waals surface area contributed by atoms with E-state index in [0.29, 0.717) is 33.6 Å². The number of sulfonamides is 1. The Hall–Kier alpha value is -3.43. The molecule has 0 aliphatic heterocycles. The van der Waals surface area contributed by atoms with Gasteiger partial charge in [-0.05, 0) is 54.1 Å². The van der Waals surface area contributed by atoms with Crippen LogP contribution in [-0.2, 0) is 21.4 Å². The fourth-order valence-corrected chi connectivity index (χ4v) is 4.12. The summed E-state index contributed by atoms with van der Waals surface area (Å²) in [5, 5.41) is 3.30. The first-order valence-electron chi connectivity index (χ1n) is 10.2. The number of halogens is 1. The Bertz CT molecular complexity index is 1230. The van der Waals surface area contributed by atoms with Gasteiger partial charge in [0.15, 0.2) is 6.61 Å². The van der Waals surface area contributed by atoms with Crippen molar-refractivity contribution < 1.29 is 27.4 Å². The van der Waals surface area contributed by atoms with Gasteiger partial charge in [-0.25, -0.2) is 8.42 Å². The van der Waals surface area contributed by atoms with Crippen molar-refractivity contribution in [1.82, 2.24) is 0 Å². The zero-order valence-electron chi connectivity index (χ0n) is 18.9. The Kier molecular flexibility index (Phi) is 8.25. The maximum absolute atomic E-state index is 12.4. The van der Waals surface area contributed by atoms with E-state index in [0.717, 1.165) is 11.8 Å². The number of nitrogens with one attached hydrogen (secondary N) is 1. The van der Waals surface area contributed by atoms with Crippen molar-refractivity contribution in [1.29, 1.82) is 0 Å². The topological polar surface area (TPSA) is 94.2 Å². The highest BCUT2D eigenvalue weighted by Gasteiger charge is 2.18. The van der Waals surface area contributed by atoms with Gasteiger partial charge in [0.2, 0.25) is 10.0 Å². The first-order chi connectivity index (χ1) is 16.2. The molecule has 0 saturated carbocycles. The molecule has 1 N–H and O–H groups in total. The van der Waals surface area contributed by atoms with E-state index in [9.17, 15) is 13.2 Å². The van der Waals surface area contributed by atoms with Gasteiger partial charge in [0, 0.05) is 11.1 Å². The predicted octanol–water partition coefficient (Wildman–Crippen LogP) is 4.34. The summed E-state index contributed by atoms with van der Waals surface area (Å²) in [6.07, 6.45) is 1.14. The molecule has 3 aromatic rings. The van der Waals surface area contributed by atoms with E-state index in [2.05, 4.69) is 5.32 Å². The number of ether oxygens (including phenoxy) is 3. The van der Waals surface area contributed by atoms with E-state index in [1.165, 1.54) is 11.4 Å². The average molecular weight is 505 g/mol. The highest BCUT2D eigenvalue weighted by Crippen LogP contribution is 2.29.